The third-order valence-corrected chi connectivity index (χ3v) is 6.11. The number of fused-ring (bicyclic) bond motifs is 3. The minimum absolute atomic E-state index is 0.0685. The predicted molar refractivity (Wildman–Crippen MR) is 111 cm³/mol. The van der Waals surface area contributed by atoms with Crippen LogP contribution in [0.25, 0.3) is 17.2 Å². The summed E-state index contributed by atoms with van der Waals surface area (Å²) in [5.41, 5.74) is 6.07. The normalized spacial score (nSPS) is 16.1. The molecule has 2 aromatic heterocycles. The number of aryl methyl sites for hydroxylation is 2. The van der Waals surface area contributed by atoms with Crippen LogP contribution in [0.5, 0.6) is 0 Å². The second-order valence-electron chi connectivity index (χ2n) is 7.96. The number of hydrogen-bond acceptors (Lipinski definition) is 4. The van der Waals surface area contributed by atoms with E-state index >= 15 is 0 Å². The maximum Gasteiger partial charge on any atom is 0.257 e. The zero-order chi connectivity index (χ0) is 19.8. The van der Waals surface area contributed by atoms with Crippen LogP contribution in [0.4, 0.5) is 0 Å². The lowest BCUT2D eigenvalue weighted by Gasteiger charge is -2.20. The van der Waals surface area contributed by atoms with Crippen LogP contribution in [0, 0.1) is 6.92 Å². The quantitative estimate of drug-likeness (QED) is 0.672. The van der Waals surface area contributed by atoms with Gasteiger partial charge in [0.15, 0.2) is 0 Å². The van der Waals surface area contributed by atoms with Crippen molar-refractivity contribution in [3.8, 4) is 17.2 Å². The highest BCUT2D eigenvalue weighted by atomic mass is 16.2. The number of aromatic nitrogens is 4. The van der Waals surface area contributed by atoms with Crippen LogP contribution < -0.4 is 0 Å². The van der Waals surface area contributed by atoms with Gasteiger partial charge in [-0.25, -0.2) is 14.6 Å². The Hall–Kier alpha value is -3.02. The monoisotopic (exact) mass is 387 g/mol. The molecule has 1 aliphatic heterocycles. The highest BCUT2D eigenvalue weighted by Crippen LogP contribution is 2.31. The maximum absolute atomic E-state index is 13.0. The summed E-state index contributed by atoms with van der Waals surface area (Å²) in [5, 5.41) is 4.47. The second kappa shape index (κ2) is 7.43. The molecule has 29 heavy (non-hydrogen) atoms. The van der Waals surface area contributed by atoms with Gasteiger partial charge >= 0.3 is 0 Å². The molecule has 3 aromatic rings. The summed E-state index contributed by atoms with van der Waals surface area (Å²) < 4.78 is 1.70. The lowest BCUT2D eigenvalue weighted by atomic mass is 9.90. The minimum atomic E-state index is 0.0685. The van der Waals surface area contributed by atoms with Crippen molar-refractivity contribution in [1.82, 2.24) is 24.6 Å². The number of likely N-dealkylation sites (tertiary alicyclic amines) is 1. The van der Waals surface area contributed by atoms with Crippen molar-refractivity contribution in [3.63, 3.8) is 0 Å². The standard InChI is InChI=1S/C23H25N5O/c1-16-20(22(29)27-12-6-2-3-7-13-27)15-25-28(16)23-24-14-18-11-10-17-8-4-5-9-19(17)21(18)26-23/h4-5,8-9,14-15H,2-3,6-7,10-13H2,1H3. The molecule has 148 valence electrons. The molecular weight excluding hydrogens is 362 g/mol. The van der Waals surface area contributed by atoms with E-state index in [2.05, 4.69) is 28.3 Å². The van der Waals surface area contributed by atoms with E-state index in [4.69, 9.17) is 4.98 Å². The Bertz CT molecular complexity index is 1060. The molecule has 0 unspecified atom stereocenters. The fraction of sp³-hybridized carbons (Fsp3) is 0.391. The summed E-state index contributed by atoms with van der Waals surface area (Å²) in [7, 11) is 0. The van der Waals surface area contributed by atoms with E-state index in [9.17, 15) is 4.79 Å². The van der Waals surface area contributed by atoms with Gasteiger partial charge in [-0.2, -0.15) is 5.10 Å². The molecule has 0 N–H and O–H groups in total. The molecule has 0 spiro atoms. The number of hydrogen-bond donors (Lipinski definition) is 0. The van der Waals surface area contributed by atoms with E-state index in [0.717, 1.165) is 55.7 Å². The van der Waals surface area contributed by atoms with E-state index in [1.54, 1.807) is 10.9 Å². The van der Waals surface area contributed by atoms with Crippen molar-refractivity contribution < 1.29 is 4.79 Å². The lowest BCUT2D eigenvalue weighted by Crippen LogP contribution is -2.32. The van der Waals surface area contributed by atoms with Gasteiger partial charge in [-0.05, 0) is 43.7 Å². The van der Waals surface area contributed by atoms with Crippen molar-refractivity contribution in [1.29, 1.82) is 0 Å². The zero-order valence-corrected chi connectivity index (χ0v) is 16.8. The van der Waals surface area contributed by atoms with Gasteiger partial charge in [0, 0.05) is 24.8 Å². The molecule has 3 heterocycles. The van der Waals surface area contributed by atoms with E-state index in [1.165, 1.54) is 24.0 Å². The van der Waals surface area contributed by atoms with Crippen molar-refractivity contribution in [2.24, 2.45) is 0 Å². The van der Waals surface area contributed by atoms with Crippen LogP contribution in [0.2, 0.25) is 0 Å². The topological polar surface area (TPSA) is 63.9 Å². The van der Waals surface area contributed by atoms with E-state index in [1.807, 2.05) is 24.1 Å². The molecule has 1 aliphatic carbocycles. The molecule has 2 aliphatic rings. The molecule has 0 atom stereocenters. The zero-order valence-electron chi connectivity index (χ0n) is 16.8. The molecule has 1 fully saturated rings. The number of nitrogens with zero attached hydrogens (tertiary/aromatic N) is 5. The summed E-state index contributed by atoms with van der Waals surface area (Å²) >= 11 is 0. The van der Waals surface area contributed by atoms with Gasteiger partial charge in [0.1, 0.15) is 0 Å². The van der Waals surface area contributed by atoms with Crippen LogP contribution in [-0.2, 0) is 12.8 Å². The van der Waals surface area contributed by atoms with Gasteiger partial charge < -0.3 is 4.90 Å². The van der Waals surface area contributed by atoms with Gasteiger partial charge in [0.2, 0.25) is 0 Å². The molecule has 5 rings (SSSR count). The fourth-order valence-corrected chi connectivity index (χ4v) is 4.42. The SMILES string of the molecule is Cc1c(C(=O)N2CCCCCC2)cnn1-c1ncc2c(n1)-c1ccccc1CC2. The largest absolute Gasteiger partial charge is 0.339 e. The van der Waals surface area contributed by atoms with Crippen LogP contribution in [0.1, 0.15) is 52.9 Å². The van der Waals surface area contributed by atoms with Crippen LogP contribution in [-0.4, -0.2) is 43.6 Å². The van der Waals surface area contributed by atoms with Crippen molar-refractivity contribution in [2.75, 3.05) is 13.1 Å². The third-order valence-electron chi connectivity index (χ3n) is 6.11. The van der Waals surface area contributed by atoms with Gasteiger partial charge in [-0.1, -0.05) is 37.1 Å². The van der Waals surface area contributed by atoms with Crippen LogP contribution >= 0.6 is 0 Å². The number of carbonyl (C=O) groups excluding carboxylic acids is 1. The molecule has 1 amide bonds. The van der Waals surface area contributed by atoms with Crippen LogP contribution in [0.3, 0.4) is 0 Å². The Kier molecular flexibility index (Phi) is 4.62. The Morgan fingerprint density at radius 1 is 0.966 bits per heavy atom. The first kappa shape index (κ1) is 18.0. The summed E-state index contributed by atoms with van der Waals surface area (Å²) in [6.07, 6.45) is 10.1. The Morgan fingerprint density at radius 2 is 1.72 bits per heavy atom. The first-order valence-corrected chi connectivity index (χ1v) is 10.5. The van der Waals surface area contributed by atoms with E-state index in [0.29, 0.717) is 11.5 Å². The van der Waals surface area contributed by atoms with E-state index < -0.39 is 0 Å². The molecule has 0 radical (unpaired) electrons. The van der Waals surface area contributed by atoms with E-state index in [-0.39, 0.29) is 5.91 Å². The maximum atomic E-state index is 13.0. The van der Waals surface area contributed by atoms with Gasteiger partial charge in [0.25, 0.3) is 11.9 Å². The number of benzene rings is 1. The van der Waals surface area contributed by atoms with Crippen molar-refractivity contribution in [3.05, 3.63) is 59.0 Å². The molecule has 6 heteroatoms. The molecule has 0 saturated carbocycles. The van der Waals surface area contributed by atoms with Gasteiger partial charge in [0.05, 0.1) is 23.1 Å². The molecular formula is C23H25N5O. The van der Waals surface area contributed by atoms with Gasteiger partial charge in [-0.3, -0.25) is 4.79 Å². The summed E-state index contributed by atoms with van der Waals surface area (Å²) in [5.74, 6) is 0.590. The van der Waals surface area contributed by atoms with Crippen LogP contribution in [0.15, 0.2) is 36.7 Å². The fourth-order valence-electron chi connectivity index (χ4n) is 4.42. The van der Waals surface area contributed by atoms with Crippen molar-refractivity contribution in [2.45, 2.75) is 45.4 Å². The minimum Gasteiger partial charge on any atom is -0.339 e. The number of rotatable bonds is 2. The summed E-state index contributed by atoms with van der Waals surface area (Å²) in [4.78, 5) is 24.4. The third kappa shape index (κ3) is 3.22. The average molecular weight is 387 g/mol. The summed E-state index contributed by atoms with van der Waals surface area (Å²) in [6, 6.07) is 8.41. The Morgan fingerprint density at radius 3 is 2.55 bits per heavy atom. The van der Waals surface area contributed by atoms with Crippen molar-refractivity contribution >= 4 is 5.91 Å². The number of carbonyl (C=O) groups is 1. The highest BCUT2D eigenvalue weighted by Gasteiger charge is 2.24. The first-order chi connectivity index (χ1) is 14.2. The predicted octanol–water partition coefficient (Wildman–Crippen LogP) is 3.75. The highest BCUT2D eigenvalue weighted by molar-refractivity contribution is 5.95. The smallest absolute Gasteiger partial charge is 0.257 e. The summed E-state index contributed by atoms with van der Waals surface area (Å²) in [6.45, 7) is 3.58. The molecule has 6 nitrogen and oxygen atoms in total. The molecule has 0 bridgehead atoms. The Balaban J connectivity index is 1.49. The molecule has 1 saturated heterocycles. The molecule has 1 aromatic carbocycles. The lowest BCUT2D eigenvalue weighted by molar-refractivity contribution is 0.0761. The average Bonchev–Trinajstić information content (AvgIpc) is 2.96. The van der Waals surface area contributed by atoms with Gasteiger partial charge in [-0.15, -0.1) is 0 Å². The number of amides is 1. The first-order valence-electron chi connectivity index (χ1n) is 10.5. The second-order valence-corrected chi connectivity index (χ2v) is 7.96. The Labute approximate surface area is 170 Å².